The number of anilines is 1. The Labute approximate surface area is 187 Å². The van der Waals surface area contributed by atoms with Crippen LogP contribution in [-0.4, -0.2) is 68.8 Å². The minimum Gasteiger partial charge on any atom is -0.390 e. The first-order chi connectivity index (χ1) is 15.2. The lowest BCUT2D eigenvalue weighted by atomic mass is 10.1. The molecule has 1 aromatic heterocycles. The van der Waals surface area contributed by atoms with Crippen molar-refractivity contribution < 1.29 is 4.74 Å². The van der Waals surface area contributed by atoms with Gasteiger partial charge in [-0.1, -0.05) is 30.3 Å². The second-order valence-corrected chi connectivity index (χ2v) is 6.56. The SMILES string of the molecule is CN.N=Cc1ccccc1-c1nc(/C=C/CN=CN=CN)c(S)c(N2CCOCC2)n1. The van der Waals surface area contributed by atoms with Gasteiger partial charge in [-0.2, -0.15) is 0 Å². The van der Waals surface area contributed by atoms with Crippen molar-refractivity contribution in [2.45, 2.75) is 4.90 Å². The van der Waals surface area contributed by atoms with Gasteiger partial charge in [-0.05, 0) is 13.1 Å². The number of hydrogen-bond acceptors (Lipinski definition) is 8. The van der Waals surface area contributed by atoms with Crippen LogP contribution in [0.1, 0.15) is 11.3 Å². The quantitative estimate of drug-likeness (QED) is 0.294. The van der Waals surface area contributed by atoms with Gasteiger partial charge >= 0.3 is 0 Å². The number of nitrogens with one attached hydrogen (secondary N) is 1. The van der Waals surface area contributed by atoms with E-state index >= 15 is 0 Å². The van der Waals surface area contributed by atoms with Crippen molar-refractivity contribution in [1.82, 2.24) is 9.97 Å². The molecule has 1 aliphatic rings. The fourth-order valence-corrected chi connectivity index (χ4v) is 3.19. The highest BCUT2D eigenvalue weighted by Gasteiger charge is 2.20. The molecule has 0 spiro atoms. The van der Waals surface area contributed by atoms with Crippen LogP contribution in [0.2, 0.25) is 0 Å². The van der Waals surface area contributed by atoms with Crippen LogP contribution in [0.5, 0.6) is 0 Å². The number of morpholine rings is 1. The van der Waals surface area contributed by atoms with Gasteiger partial charge in [0.25, 0.3) is 0 Å². The zero-order valence-electron chi connectivity index (χ0n) is 17.5. The average molecular weight is 441 g/mol. The molecule has 2 heterocycles. The Morgan fingerprint density at radius 3 is 2.68 bits per heavy atom. The molecule has 1 fully saturated rings. The van der Waals surface area contributed by atoms with Gasteiger partial charge in [0.15, 0.2) is 5.82 Å². The largest absolute Gasteiger partial charge is 0.390 e. The fourth-order valence-electron chi connectivity index (χ4n) is 2.88. The van der Waals surface area contributed by atoms with Crippen LogP contribution in [0.25, 0.3) is 17.5 Å². The topological polar surface area (TPSA) is 139 Å². The summed E-state index contributed by atoms with van der Waals surface area (Å²) >= 11 is 4.71. The van der Waals surface area contributed by atoms with Gasteiger partial charge in [0, 0.05) is 30.4 Å². The van der Waals surface area contributed by atoms with E-state index < -0.39 is 0 Å². The summed E-state index contributed by atoms with van der Waals surface area (Å²) in [5, 5.41) is 7.70. The summed E-state index contributed by atoms with van der Waals surface area (Å²) in [6.07, 6.45) is 7.64. The number of aliphatic imine (C=N–C) groups is 2. The molecule has 10 heteroatoms. The predicted molar refractivity (Wildman–Crippen MR) is 131 cm³/mol. The maximum absolute atomic E-state index is 7.70. The minimum absolute atomic E-state index is 0.438. The maximum Gasteiger partial charge on any atom is 0.162 e. The second-order valence-electron chi connectivity index (χ2n) is 6.12. The van der Waals surface area contributed by atoms with Crippen LogP contribution < -0.4 is 16.4 Å². The molecule has 0 aliphatic carbocycles. The Bertz CT molecular complexity index is 939. The van der Waals surface area contributed by atoms with Crippen LogP contribution in [0.4, 0.5) is 5.82 Å². The van der Waals surface area contributed by atoms with E-state index in [0.29, 0.717) is 36.2 Å². The van der Waals surface area contributed by atoms with E-state index in [1.165, 1.54) is 25.9 Å². The smallest absolute Gasteiger partial charge is 0.162 e. The Hall–Kier alpha value is -3.08. The fraction of sp³-hybridized carbons (Fsp3) is 0.286. The molecule has 0 atom stereocenters. The Morgan fingerprint density at radius 2 is 1.97 bits per heavy atom. The number of thiol groups is 1. The van der Waals surface area contributed by atoms with E-state index in [2.05, 4.69) is 20.6 Å². The average Bonchev–Trinajstić information content (AvgIpc) is 2.84. The first kappa shape index (κ1) is 24.2. The van der Waals surface area contributed by atoms with Crippen molar-refractivity contribution >= 4 is 43.4 Å². The number of hydrogen-bond donors (Lipinski definition) is 4. The van der Waals surface area contributed by atoms with Gasteiger partial charge in [0.05, 0.1) is 36.7 Å². The standard InChI is InChI=1S/C20H23N7OS.CH5N/c21-12-15-4-1-2-5-16(15)19-25-17(6-3-7-23-14-24-13-22)18(29)20(26-19)27-8-10-28-11-9-27;1-2/h1-6,12-14,21,29H,7-11H2,(H2,22,23,24);2H2,1H3/b6-3+,21-12?;. The zero-order valence-corrected chi connectivity index (χ0v) is 18.4. The number of rotatable bonds is 7. The van der Waals surface area contributed by atoms with Crippen molar-refractivity contribution in [3.05, 3.63) is 41.6 Å². The number of nitrogens with zero attached hydrogens (tertiary/aromatic N) is 5. The van der Waals surface area contributed by atoms with Crippen LogP contribution in [0, 0.1) is 5.41 Å². The third kappa shape index (κ3) is 6.71. The monoisotopic (exact) mass is 440 g/mol. The van der Waals surface area contributed by atoms with Crippen molar-refractivity contribution in [2.24, 2.45) is 21.5 Å². The van der Waals surface area contributed by atoms with E-state index in [0.717, 1.165) is 30.0 Å². The maximum atomic E-state index is 7.70. The first-order valence-corrected chi connectivity index (χ1v) is 10.2. The molecule has 3 rings (SSSR count). The van der Waals surface area contributed by atoms with Crippen LogP contribution in [0.3, 0.4) is 0 Å². The summed E-state index contributed by atoms with van der Waals surface area (Å²) < 4.78 is 5.46. The van der Waals surface area contributed by atoms with Gasteiger partial charge < -0.3 is 26.5 Å². The molecule has 9 nitrogen and oxygen atoms in total. The van der Waals surface area contributed by atoms with Crippen LogP contribution in [-0.2, 0) is 4.74 Å². The lowest BCUT2D eigenvalue weighted by Gasteiger charge is -2.29. The summed E-state index contributed by atoms with van der Waals surface area (Å²) in [4.78, 5) is 20.2. The third-order valence-corrected chi connectivity index (χ3v) is 4.71. The normalized spacial score (nSPS) is 14.2. The molecule has 2 aromatic rings. The summed E-state index contributed by atoms with van der Waals surface area (Å²) in [6.45, 7) is 3.20. The molecular formula is C21H28N8OS. The third-order valence-electron chi connectivity index (χ3n) is 4.28. The van der Waals surface area contributed by atoms with Crippen LogP contribution >= 0.6 is 12.6 Å². The predicted octanol–water partition coefficient (Wildman–Crippen LogP) is 1.87. The molecule has 0 radical (unpaired) electrons. The summed E-state index contributed by atoms with van der Waals surface area (Å²) in [5.74, 6) is 1.32. The van der Waals surface area contributed by atoms with Gasteiger partial charge in [0.2, 0.25) is 0 Å². The number of nitrogens with two attached hydrogens (primary N) is 2. The number of benzene rings is 1. The Morgan fingerprint density at radius 1 is 1.23 bits per heavy atom. The molecular weight excluding hydrogens is 412 g/mol. The van der Waals surface area contributed by atoms with Crippen molar-refractivity contribution in [3.63, 3.8) is 0 Å². The lowest BCUT2D eigenvalue weighted by molar-refractivity contribution is 0.122. The van der Waals surface area contributed by atoms with E-state index in [9.17, 15) is 0 Å². The van der Waals surface area contributed by atoms with Crippen molar-refractivity contribution in [1.29, 1.82) is 5.41 Å². The lowest BCUT2D eigenvalue weighted by Crippen LogP contribution is -2.37. The molecule has 31 heavy (non-hydrogen) atoms. The summed E-state index contributed by atoms with van der Waals surface area (Å²) in [6, 6.07) is 7.59. The van der Waals surface area contributed by atoms with Gasteiger partial charge in [-0.3, -0.25) is 4.99 Å². The molecule has 0 saturated carbocycles. The molecule has 164 valence electrons. The van der Waals surface area contributed by atoms with Crippen LogP contribution in [0.15, 0.2) is 45.2 Å². The first-order valence-electron chi connectivity index (χ1n) is 9.74. The highest BCUT2D eigenvalue weighted by molar-refractivity contribution is 7.80. The van der Waals surface area contributed by atoms with E-state index in [-0.39, 0.29) is 0 Å². The highest BCUT2D eigenvalue weighted by atomic mass is 32.1. The molecule has 0 bridgehead atoms. The second kappa shape index (κ2) is 13.3. The van der Waals surface area contributed by atoms with Crippen molar-refractivity contribution in [2.75, 3.05) is 44.8 Å². The molecule has 1 aromatic carbocycles. The van der Waals surface area contributed by atoms with Crippen molar-refractivity contribution in [3.8, 4) is 11.4 Å². The summed E-state index contributed by atoms with van der Waals surface area (Å²) in [5.41, 5.74) is 11.9. The van der Waals surface area contributed by atoms with Gasteiger partial charge in [-0.25, -0.2) is 15.0 Å². The van der Waals surface area contributed by atoms with E-state index in [1.54, 1.807) is 0 Å². The highest BCUT2D eigenvalue weighted by Crippen LogP contribution is 2.30. The zero-order chi connectivity index (χ0) is 22.5. The molecule has 0 unspecified atom stereocenters. The number of aromatic nitrogens is 2. The Kier molecular flexibility index (Phi) is 10.4. The summed E-state index contributed by atoms with van der Waals surface area (Å²) in [7, 11) is 1.50. The molecule has 5 N–H and O–H groups in total. The van der Waals surface area contributed by atoms with E-state index in [4.69, 9.17) is 38.5 Å². The number of ether oxygens (including phenoxy) is 1. The molecule has 1 saturated heterocycles. The van der Waals surface area contributed by atoms with E-state index in [1.807, 2.05) is 36.4 Å². The Balaban J connectivity index is 0.00000166. The molecule has 1 aliphatic heterocycles. The molecule has 0 amide bonds. The van der Waals surface area contributed by atoms with Gasteiger partial charge in [0.1, 0.15) is 12.2 Å². The van der Waals surface area contributed by atoms with Gasteiger partial charge in [-0.15, -0.1) is 12.6 Å². The minimum atomic E-state index is 0.438.